The van der Waals surface area contributed by atoms with Gasteiger partial charge in [0.15, 0.2) is 0 Å². The molecular formula is C13H16BrN3O2S. The van der Waals surface area contributed by atoms with Crippen LogP contribution in [0.25, 0.3) is 0 Å². The Morgan fingerprint density at radius 2 is 2.20 bits per heavy atom. The van der Waals surface area contributed by atoms with E-state index in [1.165, 1.54) is 0 Å². The molecule has 1 aliphatic heterocycles. The smallest absolute Gasteiger partial charge is 0.238 e. The minimum atomic E-state index is -0.265. The molecule has 20 heavy (non-hydrogen) atoms. The highest BCUT2D eigenvalue weighted by atomic mass is 79.9. The summed E-state index contributed by atoms with van der Waals surface area (Å²) in [4.78, 5) is 14.3. The predicted molar refractivity (Wildman–Crippen MR) is 85.7 cm³/mol. The van der Waals surface area contributed by atoms with Gasteiger partial charge in [0.25, 0.3) is 0 Å². The molecule has 1 saturated heterocycles. The van der Waals surface area contributed by atoms with Crippen LogP contribution in [-0.4, -0.2) is 48.1 Å². The number of hydrogen-bond acceptors (Lipinski definition) is 4. The predicted octanol–water partition coefficient (Wildman–Crippen LogP) is 1.37. The largest absolute Gasteiger partial charge is 0.391 e. The Morgan fingerprint density at radius 1 is 1.50 bits per heavy atom. The third kappa shape index (κ3) is 4.52. The molecule has 1 atom stereocenters. The molecule has 5 nitrogen and oxygen atoms in total. The van der Waals surface area contributed by atoms with Crippen LogP contribution in [0.4, 0.5) is 5.69 Å². The lowest BCUT2D eigenvalue weighted by Crippen LogP contribution is -2.49. The van der Waals surface area contributed by atoms with Crippen LogP contribution in [0.3, 0.4) is 0 Å². The lowest BCUT2D eigenvalue weighted by molar-refractivity contribution is -0.118. The normalized spacial score (nSPS) is 19.6. The third-order valence-corrected chi connectivity index (χ3v) is 3.75. The molecule has 0 saturated carbocycles. The molecule has 0 radical (unpaired) electrons. The lowest BCUT2D eigenvalue weighted by Gasteiger charge is -2.31. The molecule has 1 heterocycles. The Bertz CT molecular complexity index is 495. The quantitative estimate of drug-likeness (QED) is 0.796. The number of morpholine rings is 1. The fourth-order valence-corrected chi connectivity index (χ4v) is 2.36. The van der Waals surface area contributed by atoms with Gasteiger partial charge < -0.3 is 15.8 Å². The van der Waals surface area contributed by atoms with Gasteiger partial charge in [-0.2, -0.15) is 0 Å². The van der Waals surface area contributed by atoms with E-state index in [0.29, 0.717) is 31.2 Å². The highest BCUT2D eigenvalue weighted by Gasteiger charge is 2.23. The molecule has 1 amide bonds. The highest BCUT2D eigenvalue weighted by molar-refractivity contribution is 9.10. The molecule has 1 unspecified atom stereocenters. The molecule has 108 valence electrons. The number of nitrogens with zero attached hydrogens (tertiary/aromatic N) is 1. The topological polar surface area (TPSA) is 67.6 Å². The van der Waals surface area contributed by atoms with Crippen molar-refractivity contribution in [2.24, 2.45) is 5.73 Å². The van der Waals surface area contributed by atoms with Crippen LogP contribution in [0.1, 0.15) is 0 Å². The van der Waals surface area contributed by atoms with Crippen molar-refractivity contribution in [3.8, 4) is 0 Å². The van der Waals surface area contributed by atoms with Gasteiger partial charge in [-0.25, -0.2) is 0 Å². The zero-order valence-electron chi connectivity index (χ0n) is 10.8. The summed E-state index contributed by atoms with van der Waals surface area (Å²) in [6, 6.07) is 7.46. The SMILES string of the molecule is NC(=S)C1CN(CC(=O)Nc2ccc(Br)cc2)CCO1. The zero-order valence-corrected chi connectivity index (χ0v) is 13.2. The standard InChI is InChI=1S/C13H16BrN3O2S/c14-9-1-3-10(4-2-9)16-12(18)8-17-5-6-19-11(7-17)13(15)20/h1-4,11H,5-8H2,(H2,15,20)(H,16,18). The maximum absolute atomic E-state index is 12.0. The first-order chi connectivity index (χ1) is 9.54. The maximum Gasteiger partial charge on any atom is 0.238 e. The second-order valence-corrected chi connectivity index (χ2v) is 5.94. The van der Waals surface area contributed by atoms with E-state index in [-0.39, 0.29) is 12.0 Å². The summed E-state index contributed by atoms with van der Waals surface area (Å²) in [5, 5.41) is 2.85. The van der Waals surface area contributed by atoms with Crippen molar-refractivity contribution in [3.63, 3.8) is 0 Å². The number of anilines is 1. The highest BCUT2D eigenvalue weighted by Crippen LogP contribution is 2.14. The Hall–Kier alpha value is -1.02. The van der Waals surface area contributed by atoms with Gasteiger partial charge in [-0.15, -0.1) is 0 Å². The maximum atomic E-state index is 12.0. The number of carbonyl (C=O) groups is 1. The van der Waals surface area contributed by atoms with Crippen molar-refractivity contribution in [3.05, 3.63) is 28.7 Å². The number of benzene rings is 1. The average molecular weight is 358 g/mol. The van der Waals surface area contributed by atoms with Crippen molar-refractivity contribution in [2.45, 2.75) is 6.10 Å². The van der Waals surface area contributed by atoms with Gasteiger partial charge in [-0.3, -0.25) is 9.69 Å². The summed E-state index contributed by atoms with van der Waals surface area (Å²) < 4.78 is 6.41. The summed E-state index contributed by atoms with van der Waals surface area (Å²) in [5.74, 6) is -0.0593. The van der Waals surface area contributed by atoms with E-state index in [0.717, 1.165) is 10.2 Å². The number of amides is 1. The van der Waals surface area contributed by atoms with Gasteiger partial charge in [0.1, 0.15) is 11.1 Å². The summed E-state index contributed by atoms with van der Waals surface area (Å²) in [5.41, 5.74) is 6.35. The minimum absolute atomic E-state index is 0.0593. The molecule has 0 aliphatic carbocycles. The first-order valence-electron chi connectivity index (χ1n) is 6.23. The minimum Gasteiger partial charge on any atom is -0.391 e. The third-order valence-electron chi connectivity index (χ3n) is 2.96. The van der Waals surface area contributed by atoms with E-state index in [9.17, 15) is 4.79 Å². The van der Waals surface area contributed by atoms with Gasteiger partial charge in [-0.05, 0) is 24.3 Å². The summed E-state index contributed by atoms with van der Waals surface area (Å²) in [6.07, 6.45) is -0.265. The van der Waals surface area contributed by atoms with Crippen LogP contribution < -0.4 is 11.1 Å². The summed E-state index contributed by atoms with van der Waals surface area (Å²) in [6.45, 7) is 2.10. The average Bonchev–Trinajstić information content (AvgIpc) is 2.41. The van der Waals surface area contributed by atoms with Crippen LogP contribution in [0.15, 0.2) is 28.7 Å². The number of rotatable bonds is 4. The van der Waals surface area contributed by atoms with Gasteiger partial charge in [-0.1, -0.05) is 28.1 Å². The molecule has 0 spiro atoms. The molecule has 1 aromatic rings. The Morgan fingerprint density at radius 3 is 2.85 bits per heavy atom. The molecule has 0 bridgehead atoms. The number of thiocarbonyl (C=S) groups is 1. The van der Waals surface area contributed by atoms with Crippen molar-refractivity contribution >= 4 is 44.7 Å². The lowest BCUT2D eigenvalue weighted by atomic mass is 10.2. The second kappa shape index (κ2) is 7.12. The van der Waals surface area contributed by atoms with Crippen molar-refractivity contribution < 1.29 is 9.53 Å². The van der Waals surface area contributed by atoms with Gasteiger partial charge in [0, 0.05) is 23.2 Å². The number of hydrogen-bond donors (Lipinski definition) is 2. The van der Waals surface area contributed by atoms with Crippen LogP contribution in [-0.2, 0) is 9.53 Å². The van der Waals surface area contributed by atoms with E-state index >= 15 is 0 Å². The molecule has 0 aromatic heterocycles. The van der Waals surface area contributed by atoms with Crippen molar-refractivity contribution in [1.29, 1.82) is 0 Å². The van der Waals surface area contributed by atoms with E-state index in [2.05, 4.69) is 21.2 Å². The fraction of sp³-hybridized carbons (Fsp3) is 0.385. The summed E-state index contributed by atoms with van der Waals surface area (Å²) >= 11 is 8.27. The van der Waals surface area contributed by atoms with E-state index in [1.807, 2.05) is 29.2 Å². The molecule has 1 aromatic carbocycles. The zero-order chi connectivity index (χ0) is 14.5. The number of ether oxygens (including phenoxy) is 1. The number of halogens is 1. The molecule has 1 aliphatic rings. The van der Waals surface area contributed by atoms with E-state index in [1.54, 1.807) is 0 Å². The molecular weight excluding hydrogens is 342 g/mol. The van der Waals surface area contributed by atoms with E-state index in [4.69, 9.17) is 22.7 Å². The van der Waals surface area contributed by atoms with Crippen LogP contribution in [0.2, 0.25) is 0 Å². The molecule has 1 fully saturated rings. The number of carbonyl (C=O) groups excluding carboxylic acids is 1. The first-order valence-corrected chi connectivity index (χ1v) is 7.43. The van der Waals surface area contributed by atoms with Crippen LogP contribution in [0, 0.1) is 0 Å². The Labute approximate surface area is 131 Å². The second-order valence-electron chi connectivity index (χ2n) is 4.55. The van der Waals surface area contributed by atoms with Gasteiger partial charge in [0.2, 0.25) is 5.91 Å². The van der Waals surface area contributed by atoms with Crippen LogP contribution in [0.5, 0.6) is 0 Å². The van der Waals surface area contributed by atoms with Crippen LogP contribution >= 0.6 is 28.1 Å². The molecule has 3 N–H and O–H groups in total. The Balaban J connectivity index is 1.85. The van der Waals surface area contributed by atoms with E-state index < -0.39 is 0 Å². The van der Waals surface area contributed by atoms with Gasteiger partial charge >= 0.3 is 0 Å². The van der Waals surface area contributed by atoms with Gasteiger partial charge in [0.05, 0.1) is 13.2 Å². The Kier molecular flexibility index (Phi) is 5.47. The van der Waals surface area contributed by atoms with Crippen molar-refractivity contribution in [2.75, 3.05) is 31.6 Å². The molecule has 2 rings (SSSR count). The molecule has 7 heteroatoms. The number of nitrogens with one attached hydrogen (secondary N) is 1. The first kappa shape index (κ1) is 15.4. The summed E-state index contributed by atoms with van der Waals surface area (Å²) in [7, 11) is 0. The fourth-order valence-electron chi connectivity index (χ4n) is 1.96. The number of nitrogens with two attached hydrogens (primary N) is 1. The van der Waals surface area contributed by atoms with Crippen molar-refractivity contribution in [1.82, 2.24) is 4.90 Å². The monoisotopic (exact) mass is 357 g/mol.